The molecule has 0 amide bonds. The Bertz CT molecular complexity index is 180. The number of nitrogens with one attached hydrogen (secondary N) is 1. The number of likely N-dealkylation sites (N-methyl/N-ethyl adjacent to an activating group) is 1. The van der Waals surface area contributed by atoms with Crippen molar-refractivity contribution in [3.63, 3.8) is 0 Å². The first-order chi connectivity index (χ1) is 8.58. The fraction of sp³-hybridized carbons (Fsp3) is 1.00. The minimum Gasteiger partial charge on any atom is -0.374 e. The van der Waals surface area contributed by atoms with E-state index in [0.717, 1.165) is 6.61 Å². The van der Waals surface area contributed by atoms with Gasteiger partial charge in [-0.1, -0.05) is 51.9 Å². The van der Waals surface area contributed by atoms with Gasteiger partial charge in [0.05, 0.1) is 5.60 Å². The number of hydrogen-bond donors (Lipinski definition) is 1. The molecule has 0 aliphatic heterocycles. The van der Waals surface area contributed by atoms with E-state index in [4.69, 9.17) is 4.74 Å². The zero-order valence-electron chi connectivity index (χ0n) is 13.3. The third-order valence-corrected chi connectivity index (χ3v) is 3.80. The SMILES string of the molecule is CCCCCCCCCC(NC)C(C)(C)OCC. The van der Waals surface area contributed by atoms with Gasteiger partial charge in [-0.3, -0.25) is 0 Å². The van der Waals surface area contributed by atoms with Gasteiger partial charge in [-0.05, 0) is 34.2 Å². The van der Waals surface area contributed by atoms with Crippen LogP contribution < -0.4 is 5.32 Å². The number of hydrogen-bond acceptors (Lipinski definition) is 2. The standard InChI is InChI=1S/C16H35NO/c1-6-8-9-10-11-12-13-14-15(17-5)16(3,4)18-7-2/h15,17H,6-14H2,1-5H3. The second kappa shape index (κ2) is 10.8. The van der Waals surface area contributed by atoms with Crippen LogP contribution in [0.4, 0.5) is 0 Å². The van der Waals surface area contributed by atoms with E-state index in [9.17, 15) is 0 Å². The van der Waals surface area contributed by atoms with Gasteiger partial charge in [0.15, 0.2) is 0 Å². The summed E-state index contributed by atoms with van der Waals surface area (Å²) in [7, 11) is 2.05. The Labute approximate surface area is 115 Å². The molecule has 0 aliphatic carbocycles. The Kier molecular flexibility index (Phi) is 10.8. The van der Waals surface area contributed by atoms with Crippen LogP contribution in [-0.4, -0.2) is 25.3 Å². The molecule has 0 saturated heterocycles. The van der Waals surface area contributed by atoms with Crippen LogP contribution in [0.25, 0.3) is 0 Å². The van der Waals surface area contributed by atoms with Crippen LogP contribution in [0.5, 0.6) is 0 Å². The molecule has 0 radical (unpaired) electrons. The quantitative estimate of drug-likeness (QED) is 0.519. The predicted molar refractivity (Wildman–Crippen MR) is 81.2 cm³/mol. The summed E-state index contributed by atoms with van der Waals surface area (Å²) in [5, 5.41) is 3.41. The second-order valence-corrected chi connectivity index (χ2v) is 5.79. The summed E-state index contributed by atoms with van der Waals surface area (Å²) in [5.41, 5.74) is -0.0499. The van der Waals surface area contributed by atoms with E-state index in [1.54, 1.807) is 0 Å². The molecule has 0 aromatic carbocycles. The molecule has 0 saturated carbocycles. The molecular formula is C16H35NO. The van der Waals surface area contributed by atoms with Gasteiger partial charge in [0.2, 0.25) is 0 Å². The lowest BCUT2D eigenvalue weighted by molar-refractivity contribution is -0.0388. The summed E-state index contributed by atoms with van der Waals surface area (Å²) in [6, 6.07) is 0.466. The van der Waals surface area contributed by atoms with E-state index in [0.29, 0.717) is 6.04 Å². The summed E-state index contributed by atoms with van der Waals surface area (Å²) in [6.45, 7) is 9.52. The van der Waals surface area contributed by atoms with Gasteiger partial charge in [0.1, 0.15) is 0 Å². The van der Waals surface area contributed by atoms with Crippen molar-refractivity contribution in [1.29, 1.82) is 0 Å². The number of unbranched alkanes of at least 4 members (excludes halogenated alkanes) is 6. The van der Waals surface area contributed by atoms with Crippen molar-refractivity contribution in [2.45, 2.75) is 90.7 Å². The molecule has 0 aliphatic rings. The fourth-order valence-corrected chi connectivity index (χ4v) is 2.62. The molecule has 0 bridgehead atoms. The van der Waals surface area contributed by atoms with Gasteiger partial charge in [-0.15, -0.1) is 0 Å². The van der Waals surface area contributed by atoms with Crippen LogP contribution in [0.2, 0.25) is 0 Å². The molecule has 0 heterocycles. The molecule has 0 rings (SSSR count). The maximum Gasteiger partial charge on any atom is 0.0778 e. The summed E-state index contributed by atoms with van der Waals surface area (Å²) < 4.78 is 5.83. The zero-order valence-corrected chi connectivity index (χ0v) is 13.3. The van der Waals surface area contributed by atoms with Gasteiger partial charge in [-0.2, -0.15) is 0 Å². The highest BCUT2D eigenvalue weighted by Crippen LogP contribution is 2.20. The summed E-state index contributed by atoms with van der Waals surface area (Å²) in [6.07, 6.45) is 10.9. The topological polar surface area (TPSA) is 21.3 Å². The zero-order chi connectivity index (χ0) is 13.9. The van der Waals surface area contributed by atoms with Crippen LogP contribution in [0.1, 0.15) is 79.1 Å². The van der Waals surface area contributed by atoms with Gasteiger partial charge < -0.3 is 10.1 Å². The van der Waals surface area contributed by atoms with Crippen LogP contribution >= 0.6 is 0 Å². The van der Waals surface area contributed by atoms with Crippen LogP contribution in [0, 0.1) is 0 Å². The van der Waals surface area contributed by atoms with E-state index in [2.05, 4.69) is 33.0 Å². The van der Waals surface area contributed by atoms with Gasteiger partial charge in [0.25, 0.3) is 0 Å². The summed E-state index contributed by atoms with van der Waals surface area (Å²) in [4.78, 5) is 0. The van der Waals surface area contributed by atoms with Crippen LogP contribution in [0.15, 0.2) is 0 Å². The van der Waals surface area contributed by atoms with Crippen molar-refractivity contribution in [3.8, 4) is 0 Å². The lowest BCUT2D eigenvalue weighted by Crippen LogP contribution is -2.47. The van der Waals surface area contributed by atoms with Crippen molar-refractivity contribution >= 4 is 0 Å². The molecule has 0 aromatic heterocycles. The Hall–Kier alpha value is -0.0800. The molecule has 0 spiro atoms. The molecular weight excluding hydrogens is 222 g/mol. The summed E-state index contributed by atoms with van der Waals surface area (Å²) >= 11 is 0. The largest absolute Gasteiger partial charge is 0.374 e. The van der Waals surface area contributed by atoms with E-state index < -0.39 is 0 Å². The van der Waals surface area contributed by atoms with E-state index >= 15 is 0 Å². The van der Waals surface area contributed by atoms with Crippen molar-refractivity contribution in [3.05, 3.63) is 0 Å². The van der Waals surface area contributed by atoms with Crippen LogP contribution in [-0.2, 0) is 4.74 Å². The molecule has 110 valence electrons. The average molecular weight is 257 g/mol. The van der Waals surface area contributed by atoms with Gasteiger partial charge in [0, 0.05) is 12.6 Å². The highest BCUT2D eigenvalue weighted by Gasteiger charge is 2.27. The van der Waals surface area contributed by atoms with Crippen molar-refractivity contribution in [1.82, 2.24) is 5.32 Å². The molecule has 1 N–H and O–H groups in total. The number of ether oxygens (including phenoxy) is 1. The molecule has 2 nitrogen and oxygen atoms in total. The Morgan fingerprint density at radius 1 is 0.944 bits per heavy atom. The van der Waals surface area contributed by atoms with E-state index in [-0.39, 0.29) is 5.60 Å². The fourth-order valence-electron chi connectivity index (χ4n) is 2.62. The monoisotopic (exact) mass is 257 g/mol. The Morgan fingerprint density at radius 2 is 1.50 bits per heavy atom. The predicted octanol–water partition coefficient (Wildman–Crippen LogP) is 4.53. The molecule has 1 unspecified atom stereocenters. The highest BCUT2D eigenvalue weighted by atomic mass is 16.5. The van der Waals surface area contributed by atoms with Gasteiger partial charge in [-0.25, -0.2) is 0 Å². The lowest BCUT2D eigenvalue weighted by Gasteiger charge is -2.34. The minimum atomic E-state index is -0.0499. The lowest BCUT2D eigenvalue weighted by atomic mass is 9.93. The van der Waals surface area contributed by atoms with E-state index in [1.165, 1.54) is 51.4 Å². The van der Waals surface area contributed by atoms with Crippen molar-refractivity contribution < 1.29 is 4.74 Å². The normalized spacial score (nSPS) is 13.8. The first-order valence-electron chi connectivity index (χ1n) is 7.89. The van der Waals surface area contributed by atoms with Crippen molar-refractivity contribution in [2.75, 3.05) is 13.7 Å². The minimum absolute atomic E-state index is 0.0499. The smallest absolute Gasteiger partial charge is 0.0778 e. The maximum atomic E-state index is 5.83. The third kappa shape index (κ3) is 8.10. The summed E-state index contributed by atoms with van der Waals surface area (Å²) in [5.74, 6) is 0. The van der Waals surface area contributed by atoms with Gasteiger partial charge >= 0.3 is 0 Å². The van der Waals surface area contributed by atoms with Crippen LogP contribution in [0.3, 0.4) is 0 Å². The highest BCUT2D eigenvalue weighted by molar-refractivity contribution is 4.84. The first kappa shape index (κ1) is 17.9. The van der Waals surface area contributed by atoms with Crippen molar-refractivity contribution in [2.24, 2.45) is 0 Å². The maximum absolute atomic E-state index is 5.83. The first-order valence-corrected chi connectivity index (χ1v) is 7.89. The molecule has 1 atom stereocenters. The number of rotatable bonds is 12. The Balaban J connectivity index is 3.67. The average Bonchev–Trinajstić information content (AvgIpc) is 2.32. The second-order valence-electron chi connectivity index (χ2n) is 5.79. The molecule has 18 heavy (non-hydrogen) atoms. The molecule has 2 heteroatoms. The molecule has 0 fully saturated rings. The Morgan fingerprint density at radius 3 is 2.00 bits per heavy atom. The van der Waals surface area contributed by atoms with E-state index in [1.807, 2.05) is 7.05 Å². The third-order valence-electron chi connectivity index (χ3n) is 3.80. The molecule has 0 aromatic rings.